The summed E-state index contributed by atoms with van der Waals surface area (Å²) < 4.78 is 0.821. The van der Waals surface area contributed by atoms with E-state index in [-0.39, 0.29) is 11.9 Å². The molecule has 0 saturated carbocycles. The lowest BCUT2D eigenvalue weighted by Crippen LogP contribution is -2.38. The van der Waals surface area contributed by atoms with Crippen molar-refractivity contribution in [1.29, 1.82) is 0 Å². The lowest BCUT2D eigenvalue weighted by Gasteiger charge is -2.17. The minimum absolute atomic E-state index is 0.00901. The number of carbonyl (C=O) groups excluding carboxylic acids is 1. The molecule has 144 valence electrons. The predicted octanol–water partition coefficient (Wildman–Crippen LogP) is 2.19. The average Bonchev–Trinajstić information content (AvgIpc) is 3.36. The van der Waals surface area contributed by atoms with Gasteiger partial charge < -0.3 is 10.2 Å². The molecule has 1 saturated heterocycles. The van der Waals surface area contributed by atoms with E-state index in [0.29, 0.717) is 18.2 Å². The molecular formula is C18H19N7OS2. The molecule has 1 amide bonds. The van der Waals surface area contributed by atoms with Crippen LogP contribution in [-0.2, 0) is 4.79 Å². The van der Waals surface area contributed by atoms with Crippen LogP contribution in [0.1, 0.15) is 11.4 Å². The SMILES string of the molecule is Cc1nnc(SCC(=O)NC2CCN(c3nccc(-c4cccnc4)n3)C2)s1. The van der Waals surface area contributed by atoms with Gasteiger partial charge in [0.05, 0.1) is 11.4 Å². The zero-order chi connectivity index (χ0) is 19.3. The molecule has 8 nitrogen and oxygen atoms in total. The first-order valence-electron chi connectivity index (χ1n) is 8.88. The smallest absolute Gasteiger partial charge is 0.230 e. The molecule has 1 atom stereocenters. The summed E-state index contributed by atoms with van der Waals surface area (Å²) in [5.41, 5.74) is 1.80. The Morgan fingerprint density at radius 1 is 1.36 bits per heavy atom. The van der Waals surface area contributed by atoms with Gasteiger partial charge in [-0.05, 0) is 31.5 Å². The third-order valence-corrected chi connectivity index (χ3v) is 6.24. The molecule has 1 aliphatic heterocycles. The van der Waals surface area contributed by atoms with Gasteiger partial charge in [-0.1, -0.05) is 23.1 Å². The van der Waals surface area contributed by atoms with Crippen LogP contribution in [0.2, 0.25) is 0 Å². The van der Waals surface area contributed by atoms with Crippen molar-refractivity contribution in [3.63, 3.8) is 0 Å². The number of aryl methyl sites for hydroxylation is 1. The fourth-order valence-corrected chi connectivity index (χ4v) is 4.60. The fraction of sp³-hybridized carbons (Fsp3) is 0.333. The van der Waals surface area contributed by atoms with E-state index in [9.17, 15) is 4.79 Å². The lowest BCUT2D eigenvalue weighted by atomic mass is 10.2. The Hall–Kier alpha value is -2.59. The maximum Gasteiger partial charge on any atom is 0.230 e. The van der Waals surface area contributed by atoms with Crippen LogP contribution in [0, 0.1) is 6.92 Å². The number of thioether (sulfide) groups is 1. The van der Waals surface area contributed by atoms with Gasteiger partial charge in [0.25, 0.3) is 0 Å². The van der Waals surface area contributed by atoms with Crippen molar-refractivity contribution in [2.24, 2.45) is 0 Å². The van der Waals surface area contributed by atoms with Crippen LogP contribution >= 0.6 is 23.1 Å². The predicted molar refractivity (Wildman–Crippen MR) is 109 cm³/mol. The summed E-state index contributed by atoms with van der Waals surface area (Å²) in [5, 5.41) is 12.0. The Labute approximate surface area is 170 Å². The van der Waals surface area contributed by atoms with Crippen molar-refractivity contribution < 1.29 is 4.79 Å². The van der Waals surface area contributed by atoms with Crippen molar-refractivity contribution in [3.8, 4) is 11.3 Å². The highest BCUT2D eigenvalue weighted by molar-refractivity contribution is 8.01. The minimum atomic E-state index is 0.00901. The van der Waals surface area contributed by atoms with Crippen LogP contribution < -0.4 is 10.2 Å². The van der Waals surface area contributed by atoms with E-state index in [4.69, 9.17) is 0 Å². The monoisotopic (exact) mass is 413 g/mol. The van der Waals surface area contributed by atoms with Gasteiger partial charge in [-0.3, -0.25) is 9.78 Å². The number of rotatable bonds is 6. The van der Waals surface area contributed by atoms with Crippen molar-refractivity contribution in [1.82, 2.24) is 30.5 Å². The van der Waals surface area contributed by atoms with Crippen LogP contribution in [-0.4, -0.2) is 55.9 Å². The van der Waals surface area contributed by atoms with Gasteiger partial charge in [0.1, 0.15) is 5.01 Å². The summed E-state index contributed by atoms with van der Waals surface area (Å²) in [6, 6.07) is 5.83. The largest absolute Gasteiger partial charge is 0.351 e. The zero-order valence-corrected chi connectivity index (χ0v) is 16.9. The molecule has 1 fully saturated rings. The molecule has 0 spiro atoms. The number of anilines is 1. The first-order valence-corrected chi connectivity index (χ1v) is 10.7. The van der Waals surface area contributed by atoms with Crippen LogP contribution in [0.25, 0.3) is 11.3 Å². The molecule has 0 bridgehead atoms. The highest BCUT2D eigenvalue weighted by Crippen LogP contribution is 2.23. The number of aromatic nitrogens is 5. The number of amides is 1. The molecule has 4 heterocycles. The molecule has 3 aromatic rings. The minimum Gasteiger partial charge on any atom is -0.351 e. The molecule has 28 heavy (non-hydrogen) atoms. The highest BCUT2D eigenvalue weighted by atomic mass is 32.2. The van der Waals surface area contributed by atoms with Gasteiger partial charge in [-0.25, -0.2) is 9.97 Å². The quantitative estimate of drug-likeness (QED) is 0.614. The number of nitrogens with zero attached hydrogens (tertiary/aromatic N) is 6. The second kappa shape index (κ2) is 8.61. The number of hydrogen-bond acceptors (Lipinski definition) is 9. The van der Waals surface area contributed by atoms with Gasteiger partial charge in [0, 0.05) is 43.3 Å². The average molecular weight is 414 g/mol. The van der Waals surface area contributed by atoms with E-state index >= 15 is 0 Å². The number of carbonyl (C=O) groups is 1. The van der Waals surface area contributed by atoms with Gasteiger partial charge in [0.15, 0.2) is 4.34 Å². The van der Waals surface area contributed by atoms with Crippen molar-refractivity contribution in [2.75, 3.05) is 23.7 Å². The summed E-state index contributed by atoms with van der Waals surface area (Å²) in [6.07, 6.45) is 6.16. The number of pyridine rings is 1. The number of nitrogens with one attached hydrogen (secondary N) is 1. The summed E-state index contributed by atoms with van der Waals surface area (Å²) in [4.78, 5) is 27.5. The van der Waals surface area contributed by atoms with Crippen LogP contribution in [0.4, 0.5) is 5.95 Å². The van der Waals surface area contributed by atoms with E-state index in [0.717, 1.165) is 33.6 Å². The molecule has 0 aromatic carbocycles. The van der Waals surface area contributed by atoms with E-state index in [1.54, 1.807) is 18.6 Å². The van der Waals surface area contributed by atoms with Crippen molar-refractivity contribution in [3.05, 3.63) is 41.8 Å². The number of hydrogen-bond donors (Lipinski definition) is 1. The summed E-state index contributed by atoms with van der Waals surface area (Å²) in [7, 11) is 0. The van der Waals surface area contributed by atoms with Crippen LogP contribution in [0.15, 0.2) is 41.1 Å². The Kier molecular flexibility index (Phi) is 5.77. The Morgan fingerprint density at radius 2 is 2.29 bits per heavy atom. The molecule has 0 radical (unpaired) electrons. The topological polar surface area (TPSA) is 96.8 Å². The highest BCUT2D eigenvalue weighted by Gasteiger charge is 2.26. The molecule has 1 aliphatic rings. The zero-order valence-electron chi connectivity index (χ0n) is 15.3. The third-order valence-electron chi connectivity index (χ3n) is 4.27. The molecule has 10 heteroatoms. The van der Waals surface area contributed by atoms with Gasteiger partial charge >= 0.3 is 0 Å². The molecule has 1 N–H and O–H groups in total. The molecule has 3 aromatic heterocycles. The van der Waals surface area contributed by atoms with Gasteiger partial charge in [-0.15, -0.1) is 10.2 Å². The van der Waals surface area contributed by atoms with Crippen molar-refractivity contribution >= 4 is 35.0 Å². The molecule has 1 unspecified atom stereocenters. The molecule has 0 aliphatic carbocycles. The summed E-state index contributed by atoms with van der Waals surface area (Å²) in [5.74, 6) is 1.03. The first kappa shape index (κ1) is 18.8. The molecular weight excluding hydrogens is 394 g/mol. The lowest BCUT2D eigenvalue weighted by molar-refractivity contribution is -0.119. The Morgan fingerprint density at radius 3 is 3.07 bits per heavy atom. The van der Waals surface area contributed by atoms with E-state index in [1.807, 2.05) is 25.1 Å². The van der Waals surface area contributed by atoms with Gasteiger partial charge in [0.2, 0.25) is 11.9 Å². The van der Waals surface area contributed by atoms with E-state index in [1.165, 1.54) is 23.1 Å². The standard InChI is InChI=1S/C18H19N7OS2/c1-12-23-24-18(28-12)27-11-16(26)21-14-5-8-25(10-14)17-20-7-4-15(22-17)13-3-2-6-19-9-13/h2-4,6-7,9,14H,5,8,10-11H2,1H3,(H,21,26). The first-order chi connectivity index (χ1) is 13.7. The summed E-state index contributed by atoms with van der Waals surface area (Å²) >= 11 is 2.92. The van der Waals surface area contributed by atoms with E-state index in [2.05, 4.69) is 35.4 Å². The van der Waals surface area contributed by atoms with Crippen molar-refractivity contribution in [2.45, 2.75) is 23.7 Å². The maximum atomic E-state index is 12.2. The third kappa shape index (κ3) is 4.63. The van der Waals surface area contributed by atoms with Crippen LogP contribution in [0.3, 0.4) is 0 Å². The van der Waals surface area contributed by atoms with E-state index < -0.39 is 0 Å². The van der Waals surface area contributed by atoms with Crippen LogP contribution in [0.5, 0.6) is 0 Å². The Bertz CT molecular complexity index is 950. The van der Waals surface area contributed by atoms with Gasteiger partial charge in [-0.2, -0.15) is 0 Å². The maximum absolute atomic E-state index is 12.2. The molecule has 4 rings (SSSR count). The second-order valence-corrected chi connectivity index (χ2v) is 8.76. The second-order valence-electron chi connectivity index (χ2n) is 6.36. The Balaban J connectivity index is 1.32. The summed E-state index contributed by atoms with van der Waals surface area (Å²) in [6.45, 7) is 3.41. The normalized spacial score (nSPS) is 16.3. The fourth-order valence-electron chi connectivity index (χ4n) is 2.97.